The molecule has 1 aromatic carbocycles. The van der Waals surface area contributed by atoms with Crippen LogP contribution < -0.4 is 14.8 Å². The first kappa shape index (κ1) is 14.7. The zero-order chi connectivity index (χ0) is 15.2. The smallest absolute Gasteiger partial charge is 0.387 e. The third-order valence-corrected chi connectivity index (χ3v) is 2.56. The summed E-state index contributed by atoms with van der Waals surface area (Å²) in [6.07, 6.45) is 1.32. The lowest BCUT2D eigenvalue weighted by Crippen LogP contribution is -2.14. The van der Waals surface area contributed by atoms with Gasteiger partial charge in [-0.15, -0.1) is 0 Å². The van der Waals surface area contributed by atoms with Gasteiger partial charge in [-0.1, -0.05) is 12.1 Å². The summed E-state index contributed by atoms with van der Waals surface area (Å²) in [5.74, 6) is -0.231. The maximum atomic E-state index is 12.3. The second-order valence-corrected chi connectivity index (χ2v) is 3.92. The van der Waals surface area contributed by atoms with E-state index >= 15 is 0 Å². The van der Waals surface area contributed by atoms with Gasteiger partial charge in [0.15, 0.2) is 0 Å². The van der Waals surface area contributed by atoms with Gasteiger partial charge in [0.2, 0.25) is 5.88 Å². The van der Waals surface area contributed by atoms with Gasteiger partial charge in [0.1, 0.15) is 5.75 Å². The summed E-state index contributed by atoms with van der Waals surface area (Å²) in [5.41, 5.74) is 0.418. The van der Waals surface area contributed by atoms with E-state index < -0.39 is 12.5 Å². The number of hydrogen-bond donors (Lipinski definition) is 1. The van der Waals surface area contributed by atoms with E-state index in [9.17, 15) is 13.6 Å². The summed E-state index contributed by atoms with van der Waals surface area (Å²) in [4.78, 5) is 15.9. The molecule has 0 atom stereocenters. The molecule has 1 aromatic heterocycles. The molecule has 0 saturated carbocycles. The summed E-state index contributed by atoms with van der Waals surface area (Å²) in [6.45, 7) is -2.97. The number of ether oxygens (including phenoxy) is 2. The van der Waals surface area contributed by atoms with E-state index in [1.807, 2.05) is 0 Å². The van der Waals surface area contributed by atoms with Crippen molar-refractivity contribution in [1.29, 1.82) is 0 Å². The number of pyridine rings is 1. The highest BCUT2D eigenvalue weighted by Gasteiger charge is 2.13. The number of benzene rings is 1. The summed E-state index contributed by atoms with van der Waals surface area (Å²) >= 11 is 0. The quantitative estimate of drug-likeness (QED) is 0.921. The van der Waals surface area contributed by atoms with Crippen LogP contribution in [0.15, 0.2) is 42.6 Å². The van der Waals surface area contributed by atoms with Crippen LogP contribution in [0.5, 0.6) is 11.6 Å². The van der Waals surface area contributed by atoms with Crippen molar-refractivity contribution in [3.63, 3.8) is 0 Å². The van der Waals surface area contributed by atoms with Crippen molar-refractivity contribution in [2.45, 2.75) is 6.61 Å². The Bertz CT molecular complexity index is 618. The molecule has 0 aliphatic rings. The first-order chi connectivity index (χ1) is 10.1. The number of carbonyl (C=O) groups excluding carboxylic acids is 1. The number of amides is 1. The number of hydrogen-bond acceptors (Lipinski definition) is 4. The van der Waals surface area contributed by atoms with Crippen LogP contribution in [-0.2, 0) is 0 Å². The highest BCUT2D eigenvalue weighted by atomic mass is 19.3. The standard InChI is InChI=1S/C14H12F2N2O3/c1-20-12-7-6-9(8-17-12)13(19)18-10-4-2-3-5-11(10)21-14(15)16/h2-8,14H,1H3,(H,18,19). The van der Waals surface area contributed by atoms with Gasteiger partial charge in [0.25, 0.3) is 5.91 Å². The van der Waals surface area contributed by atoms with Gasteiger partial charge in [-0.25, -0.2) is 4.98 Å². The number of para-hydroxylation sites is 2. The number of anilines is 1. The first-order valence-corrected chi connectivity index (χ1v) is 5.95. The zero-order valence-electron chi connectivity index (χ0n) is 11.0. The third-order valence-electron chi connectivity index (χ3n) is 2.56. The second kappa shape index (κ2) is 6.65. The van der Waals surface area contributed by atoms with Crippen LogP contribution in [0.25, 0.3) is 0 Å². The van der Waals surface area contributed by atoms with Crippen molar-refractivity contribution in [2.24, 2.45) is 0 Å². The summed E-state index contributed by atoms with van der Waals surface area (Å²) in [5, 5.41) is 2.49. The molecule has 21 heavy (non-hydrogen) atoms. The number of rotatable bonds is 5. The minimum absolute atomic E-state index is 0.109. The van der Waals surface area contributed by atoms with Crippen LogP contribution in [0.4, 0.5) is 14.5 Å². The number of nitrogens with one attached hydrogen (secondary N) is 1. The van der Waals surface area contributed by atoms with Crippen molar-refractivity contribution < 1.29 is 23.0 Å². The maximum absolute atomic E-state index is 12.3. The molecule has 0 radical (unpaired) electrons. The van der Waals surface area contributed by atoms with Crippen molar-refractivity contribution in [3.05, 3.63) is 48.2 Å². The van der Waals surface area contributed by atoms with Gasteiger partial charge in [-0.05, 0) is 18.2 Å². The Morgan fingerprint density at radius 3 is 2.62 bits per heavy atom. The van der Waals surface area contributed by atoms with Gasteiger partial charge in [0, 0.05) is 12.3 Å². The molecule has 0 aliphatic heterocycles. The van der Waals surface area contributed by atoms with E-state index in [0.29, 0.717) is 5.88 Å². The maximum Gasteiger partial charge on any atom is 0.387 e. The number of alkyl halides is 2. The van der Waals surface area contributed by atoms with Gasteiger partial charge in [0.05, 0.1) is 18.4 Å². The molecular formula is C14H12F2N2O3. The van der Waals surface area contributed by atoms with E-state index in [-0.39, 0.29) is 17.0 Å². The molecule has 0 fully saturated rings. The van der Waals surface area contributed by atoms with Crippen LogP contribution in [-0.4, -0.2) is 24.6 Å². The molecule has 0 unspecified atom stereocenters. The Morgan fingerprint density at radius 2 is 2.00 bits per heavy atom. The molecule has 0 saturated heterocycles. The summed E-state index contributed by atoms with van der Waals surface area (Å²) in [7, 11) is 1.46. The average molecular weight is 294 g/mol. The lowest BCUT2D eigenvalue weighted by molar-refractivity contribution is -0.0493. The van der Waals surface area contributed by atoms with Crippen LogP contribution in [0.2, 0.25) is 0 Å². The monoisotopic (exact) mass is 294 g/mol. The number of halogens is 2. The van der Waals surface area contributed by atoms with Gasteiger partial charge < -0.3 is 14.8 Å². The predicted molar refractivity (Wildman–Crippen MR) is 71.8 cm³/mol. The molecule has 2 aromatic rings. The van der Waals surface area contributed by atoms with E-state index in [0.717, 1.165) is 0 Å². The number of aromatic nitrogens is 1. The Labute approximate surface area is 119 Å². The normalized spacial score (nSPS) is 10.3. The zero-order valence-corrected chi connectivity index (χ0v) is 11.0. The third kappa shape index (κ3) is 3.88. The Hall–Kier alpha value is -2.70. The largest absolute Gasteiger partial charge is 0.481 e. The van der Waals surface area contributed by atoms with E-state index in [1.54, 1.807) is 6.07 Å². The molecule has 0 aliphatic carbocycles. The molecule has 1 N–H and O–H groups in total. The minimum Gasteiger partial charge on any atom is -0.481 e. The van der Waals surface area contributed by atoms with E-state index in [2.05, 4.69) is 15.0 Å². The number of methoxy groups -OCH3 is 1. The molecule has 1 heterocycles. The number of carbonyl (C=O) groups is 1. The lowest BCUT2D eigenvalue weighted by atomic mass is 10.2. The fourth-order valence-electron chi connectivity index (χ4n) is 1.60. The van der Waals surface area contributed by atoms with Crippen LogP contribution in [0.1, 0.15) is 10.4 Å². The first-order valence-electron chi connectivity index (χ1n) is 5.95. The fraction of sp³-hybridized carbons (Fsp3) is 0.143. The molecule has 110 valence electrons. The van der Waals surface area contributed by atoms with E-state index in [1.165, 1.54) is 43.6 Å². The molecule has 2 rings (SSSR count). The number of nitrogens with zero attached hydrogens (tertiary/aromatic N) is 1. The average Bonchev–Trinajstić information content (AvgIpc) is 2.49. The van der Waals surface area contributed by atoms with Crippen LogP contribution in [0.3, 0.4) is 0 Å². The predicted octanol–water partition coefficient (Wildman–Crippen LogP) is 2.94. The Morgan fingerprint density at radius 1 is 1.24 bits per heavy atom. The highest BCUT2D eigenvalue weighted by molar-refractivity contribution is 6.04. The van der Waals surface area contributed by atoms with Gasteiger partial charge >= 0.3 is 6.61 Å². The molecule has 7 heteroatoms. The summed E-state index contributed by atoms with van der Waals surface area (Å²) < 4.78 is 33.8. The Balaban J connectivity index is 2.15. The molecular weight excluding hydrogens is 282 g/mol. The molecule has 5 nitrogen and oxygen atoms in total. The van der Waals surface area contributed by atoms with Crippen molar-refractivity contribution >= 4 is 11.6 Å². The fourth-order valence-corrected chi connectivity index (χ4v) is 1.60. The van der Waals surface area contributed by atoms with Crippen LogP contribution >= 0.6 is 0 Å². The molecule has 0 bridgehead atoms. The van der Waals surface area contributed by atoms with Gasteiger partial charge in [-0.2, -0.15) is 8.78 Å². The highest BCUT2D eigenvalue weighted by Crippen LogP contribution is 2.26. The SMILES string of the molecule is COc1ccc(C(=O)Nc2ccccc2OC(F)F)cn1. The molecule has 0 spiro atoms. The minimum atomic E-state index is -2.97. The topological polar surface area (TPSA) is 60.5 Å². The summed E-state index contributed by atoms with van der Waals surface area (Å²) in [6, 6.07) is 8.97. The van der Waals surface area contributed by atoms with Gasteiger partial charge in [-0.3, -0.25) is 4.79 Å². The Kier molecular flexibility index (Phi) is 4.65. The molecule has 1 amide bonds. The van der Waals surface area contributed by atoms with Crippen LogP contribution in [0, 0.1) is 0 Å². The lowest BCUT2D eigenvalue weighted by Gasteiger charge is -2.11. The van der Waals surface area contributed by atoms with E-state index in [4.69, 9.17) is 4.74 Å². The van der Waals surface area contributed by atoms with Crippen molar-refractivity contribution in [3.8, 4) is 11.6 Å². The second-order valence-electron chi connectivity index (χ2n) is 3.92. The van der Waals surface area contributed by atoms with Crippen molar-refractivity contribution in [2.75, 3.05) is 12.4 Å². The van der Waals surface area contributed by atoms with Crippen molar-refractivity contribution in [1.82, 2.24) is 4.98 Å².